The van der Waals surface area contributed by atoms with Gasteiger partial charge < -0.3 is 9.30 Å². The van der Waals surface area contributed by atoms with Crippen molar-refractivity contribution in [2.24, 2.45) is 0 Å². The fourth-order valence-corrected chi connectivity index (χ4v) is 3.85. The summed E-state index contributed by atoms with van der Waals surface area (Å²) in [6, 6.07) is 14.0. The Labute approximate surface area is 178 Å². The number of unbranched alkanes of at least 4 members (excludes halogenated alkanes) is 2. The number of hydrogen-bond acceptors (Lipinski definition) is 7. The Bertz CT molecular complexity index is 1070. The summed E-state index contributed by atoms with van der Waals surface area (Å²) in [5.74, 6) is 1.50. The van der Waals surface area contributed by atoms with Crippen LogP contribution in [0.4, 0.5) is 5.69 Å². The molecule has 0 amide bonds. The molecule has 0 N–H and O–H groups in total. The molecule has 0 saturated carbocycles. The lowest BCUT2D eigenvalue weighted by atomic mass is 10.2. The molecule has 0 spiro atoms. The Balaban J connectivity index is 1.96. The molecule has 1 aromatic heterocycles. The van der Waals surface area contributed by atoms with E-state index in [4.69, 9.17) is 10.00 Å². The summed E-state index contributed by atoms with van der Waals surface area (Å²) in [5.41, 5.74) is 0.736. The molecule has 0 aliphatic carbocycles. The molecule has 2 aromatic carbocycles. The van der Waals surface area contributed by atoms with Gasteiger partial charge in [0.1, 0.15) is 17.4 Å². The Morgan fingerprint density at radius 2 is 1.97 bits per heavy atom. The lowest BCUT2D eigenvalue weighted by Gasteiger charge is -2.10. The first kappa shape index (κ1) is 21.3. The number of nitro groups is 1. The van der Waals surface area contributed by atoms with Gasteiger partial charge in [-0.3, -0.25) is 10.1 Å². The lowest BCUT2D eigenvalue weighted by molar-refractivity contribution is -0.385. The zero-order chi connectivity index (χ0) is 21.5. The van der Waals surface area contributed by atoms with Gasteiger partial charge in [0.25, 0.3) is 5.69 Å². The maximum absolute atomic E-state index is 11.3. The molecular weight excluding hydrogens is 402 g/mol. The number of rotatable bonds is 9. The van der Waals surface area contributed by atoms with E-state index in [1.54, 1.807) is 13.2 Å². The molecule has 3 rings (SSSR count). The number of nitro benzene ring substituents is 1. The SMILES string of the molecule is CCCCCn1c(Sc2ccc(C#N)c([N+](=O)[O-])c2)nnc1-c1ccc(OC)cc1. The summed E-state index contributed by atoms with van der Waals surface area (Å²) in [6.45, 7) is 2.88. The minimum atomic E-state index is -0.544. The second-order valence-electron chi connectivity index (χ2n) is 6.54. The quantitative estimate of drug-likeness (QED) is 0.268. The van der Waals surface area contributed by atoms with Crippen LogP contribution in [0.5, 0.6) is 5.75 Å². The minimum Gasteiger partial charge on any atom is -0.497 e. The van der Waals surface area contributed by atoms with E-state index in [-0.39, 0.29) is 11.3 Å². The zero-order valence-corrected chi connectivity index (χ0v) is 17.6. The van der Waals surface area contributed by atoms with E-state index in [1.165, 1.54) is 23.9 Å². The Hall–Kier alpha value is -3.38. The van der Waals surface area contributed by atoms with Gasteiger partial charge in [-0.2, -0.15) is 5.26 Å². The standard InChI is InChI=1S/C21H21N5O3S/c1-3-4-5-12-25-20(15-6-9-17(29-2)10-7-15)23-24-21(25)30-18-11-8-16(14-22)19(13-18)26(27)28/h6-11,13H,3-5,12H2,1-2H3. The molecule has 154 valence electrons. The van der Waals surface area contributed by atoms with Crippen molar-refractivity contribution in [2.45, 2.75) is 42.8 Å². The molecule has 0 atom stereocenters. The van der Waals surface area contributed by atoms with Crippen LogP contribution in [0.2, 0.25) is 0 Å². The van der Waals surface area contributed by atoms with Gasteiger partial charge in [0.15, 0.2) is 11.0 Å². The van der Waals surface area contributed by atoms with Gasteiger partial charge in [-0.05, 0) is 54.6 Å². The minimum absolute atomic E-state index is 0.0349. The fraction of sp³-hybridized carbons (Fsp3) is 0.286. The first-order chi connectivity index (χ1) is 14.6. The number of methoxy groups -OCH3 is 1. The van der Waals surface area contributed by atoms with Gasteiger partial charge in [-0.1, -0.05) is 19.8 Å². The molecule has 0 saturated heterocycles. The fourth-order valence-electron chi connectivity index (χ4n) is 2.97. The van der Waals surface area contributed by atoms with Crippen LogP contribution in [-0.2, 0) is 6.54 Å². The Kier molecular flexibility index (Phi) is 7.03. The number of nitrogens with zero attached hydrogens (tertiary/aromatic N) is 5. The van der Waals surface area contributed by atoms with E-state index in [0.29, 0.717) is 10.1 Å². The zero-order valence-electron chi connectivity index (χ0n) is 16.7. The van der Waals surface area contributed by atoms with E-state index < -0.39 is 4.92 Å². The second-order valence-corrected chi connectivity index (χ2v) is 7.58. The number of ether oxygens (including phenoxy) is 1. The van der Waals surface area contributed by atoms with Crippen LogP contribution in [0.15, 0.2) is 52.5 Å². The normalized spacial score (nSPS) is 10.6. The average Bonchev–Trinajstić information content (AvgIpc) is 3.16. The summed E-state index contributed by atoms with van der Waals surface area (Å²) >= 11 is 1.30. The van der Waals surface area contributed by atoms with E-state index in [0.717, 1.165) is 42.9 Å². The Morgan fingerprint density at radius 1 is 1.20 bits per heavy atom. The molecule has 3 aromatic rings. The van der Waals surface area contributed by atoms with Crippen molar-refractivity contribution in [1.82, 2.24) is 14.8 Å². The van der Waals surface area contributed by atoms with Crippen LogP contribution in [-0.4, -0.2) is 26.8 Å². The van der Waals surface area contributed by atoms with Crippen molar-refractivity contribution in [3.8, 4) is 23.2 Å². The number of nitriles is 1. The number of hydrogen-bond donors (Lipinski definition) is 0. The predicted octanol–water partition coefficient (Wildman–Crippen LogP) is 5.07. The number of benzene rings is 2. The average molecular weight is 423 g/mol. The van der Waals surface area contributed by atoms with Crippen LogP contribution < -0.4 is 4.74 Å². The monoisotopic (exact) mass is 423 g/mol. The third-order valence-electron chi connectivity index (χ3n) is 4.55. The molecule has 0 radical (unpaired) electrons. The van der Waals surface area contributed by atoms with Crippen molar-refractivity contribution >= 4 is 17.4 Å². The summed E-state index contributed by atoms with van der Waals surface area (Å²) < 4.78 is 7.26. The largest absolute Gasteiger partial charge is 0.497 e. The first-order valence-electron chi connectivity index (χ1n) is 9.51. The van der Waals surface area contributed by atoms with Gasteiger partial charge in [0.2, 0.25) is 0 Å². The highest BCUT2D eigenvalue weighted by atomic mass is 32.2. The van der Waals surface area contributed by atoms with Crippen molar-refractivity contribution in [3.05, 3.63) is 58.1 Å². The predicted molar refractivity (Wildman–Crippen MR) is 113 cm³/mol. The van der Waals surface area contributed by atoms with E-state index in [1.807, 2.05) is 34.9 Å². The smallest absolute Gasteiger partial charge is 0.288 e. The van der Waals surface area contributed by atoms with Crippen molar-refractivity contribution < 1.29 is 9.66 Å². The summed E-state index contributed by atoms with van der Waals surface area (Å²) in [5, 5.41) is 29.7. The Morgan fingerprint density at radius 3 is 2.60 bits per heavy atom. The third-order valence-corrected chi connectivity index (χ3v) is 5.52. The molecular formula is C21H21N5O3S. The van der Waals surface area contributed by atoms with Gasteiger partial charge in [-0.15, -0.1) is 10.2 Å². The highest BCUT2D eigenvalue weighted by Crippen LogP contribution is 2.33. The van der Waals surface area contributed by atoms with Crippen molar-refractivity contribution in [1.29, 1.82) is 5.26 Å². The van der Waals surface area contributed by atoms with Gasteiger partial charge >= 0.3 is 0 Å². The summed E-state index contributed by atoms with van der Waals surface area (Å²) in [6.07, 6.45) is 3.13. The van der Waals surface area contributed by atoms with E-state index in [9.17, 15) is 10.1 Å². The van der Waals surface area contributed by atoms with E-state index >= 15 is 0 Å². The molecule has 0 aliphatic rings. The second kappa shape index (κ2) is 9.89. The van der Waals surface area contributed by atoms with Crippen molar-refractivity contribution in [3.63, 3.8) is 0 Å². The maximum atomic E-state index is 11.3. The molecule has 1 heterocycles. The maximum Gasteiger partial charge on any atom is 0.288 e. The summed E-state index contributed by atoms with van der Waals surface area (Å²) in [4.78, 5) is 11.4. The molecule has 8 nitrogen and oxygen atoms in total. The lowest BCUT2D eigenvalue weighted by Crippen LogP contribution is -2.03. The van der Waals surface area contributed by atoms with Crippen LogP contribution in [0.1, 0.15) is 31.7 Å². The molecule has 0 fully saturated rings. The van der Waals surface area contributed by atoms with E-state index in [2.05, 4.69) is 17.1 Å². The van der Waals surface area contributed by atoms with Crippen LogP contribution in [0.25, 0.3) is 11.4 Å². The van der Waals surface area contributed by atoms with Gasteiger partial charge in [0.05, 0.1) is 12.0 Å². The van der Waals surface area contributed by atoms with Crippen molar-refractivity contribution in [2.75, 3.05) is 7.11 Å². The molecule has 0 bridgehead atoms. The van der Waals surface area contributed by atoms with Gasteiger partial charge in [-0.25, -0.2) is 0 Å². The molecule has 0 unspecified atom stereocenters. The van der Waals surface area contributed by atoms with Gasteiger partial charge in [0, 0.05) is 23.1 Å². The topological polar surface area (TPSA) is 107 Å². The molecule has 9 heteroatoms. The summed E-state index contributed by atoms with van der Waals surface area (Å²) in [7, 11) is 1.62. The third kappa shape index (κ3) is 4.78. The first-order valence-corrected chi connectivity index (χ1v) is 10.3. The molecule has 30 heavy (non-hydrogen) atoms. The number of aromatic nitrogens is 3. The highest BCUT2D eigenvalue weighted by Gasteiger charge is 2.18. The van der Waals surface area contributed by atoms with Crippen LogP contribution in [0.3, 0.4) is 0 Å². The molecule has 0 aliphatic heterocycles. The van der Waals surface area contributed by atoms with Crippen LogP contribution >= 0.6 is 11.8 Å². The van der Waals surface area contributed by atoms with Crippen LogP contribution in [0, 0.1) is 21.4 Å². The highest BCUT2D eigenvalue weighted by molar-refractivity contribution is 7.99.